The molecule has 2 aromatic rings. The van der Waals surface area contributed by atoms with Gasteiger partial charge in [0.05, 0.1) is 12.0 Å². The molecule has 0 bridgehead atoms. The van der Waals surface area contributed by atoms with E-state index < -0.39 is 0 Å². The number of nitrogens with one attached hydrogen (secondary N) is 1. The molecule has 0 unspecified atom stereocenters. The van der Waals surface area contributed by atoms with Crippen molar-refractivity contribution in [2.45, 2.75) is 20.3 Å². The van der Waals surface area contributed by atoms with E-state index >= 15 is 0 Å². The van der Waals surface area contributed by atoms with Crippen molar-refractivity contribution in [1.29, 1.82) is 0 Å². The first-order chi connectivity index (χ1) is 9.23. The van der Waals surface area contributed by atoms with Crippen LogP contribution in [0.3, 0.4) is 0 Å². The van der Waals surface area contributed by atoms with Gasteiger partial charge < -0.3 is 10.0 Å². The lowest BCUT2D eigenvalue weighted by Gasteiger charge is -2.21. The number of nitrogen functional groups attached to an aromatic ring is 1. The van der Waals surface area contributed by atoms with Gasteiger partial charge in [-0.1, -0.05) is 6.92 Å². The molecule has 2 heterocycles. The third-order valence-corrected chi connectivity index (χ3v) is 4.13. The Bertz CT molecular complexity index is 556. The SMILES string of the molecule is CCc1cc2c(N(CC)CCO)nc(NN)nc2s1. The van der Waals surface area contributed by atoms with Gasteiger partial charge in [-0.3, -0.25) is 5.43 Å². The first-order valence-corrected chi connectivity index (χ1v) is 7.18. The van der Waals surface area contributed by atoms with Crippen LogP contribution >= 0.6 is 11.3 Å². The minimum absolute atomic E-state index is 0.0928. The zero-order chi connectivity index (χ0) is 13.8. The molecule has 0 amide bonds. The predicted molar refractivity (Wildman–Crippen MR) is 79.6 cm³/mol. The van der Waals surface area contributed by atoms with Crippen LogP contribution in [0.1, 0.15) is 18.7 Å². The molecule has 0 aromatic carbocycles. The summed E-state index contributed by atoms with van der Waals surface area (Å²) >= 11 is 1.65. The number of nitrogens with zero attached hydrogens (tertiary/aromatic N) is 3. The Morgan fingerprint density at radius 1 is 1.42 bits per heavy atom. The molecule has 6 nitrogen and oxygen atoms in total. The van der Waals surface area contributed by atoms with E-state index in [4.69, 9.17) is 10.9 Å². The van der Waals surface area contributed by atoms with Crippen LogP contribution in [0.2, 0.25) is 0 Å². The second kappa shape index (κ2) is 6.14. The fraction of sp³-hybridized carbons (Fsp3) is 0.500. The summed E-state index contributed by atoms with van der Waals surface area (Å²) in [5, 5.41) is 10.2. The fourth-order valence-electron chi connectivity index (χ4n) is 1.97. The third kappa shape index (κ3) is 2.78. The van der Waals surface area contributed by atoms with Crippen molar-refractivity contribution in [3.05, 3.63) is 10.9 Å². The number of thiophene rings is 1. The largest absolute Gasteiger partial charge is 0.395 e. The average molecular weight is 281 g/mol. The molecular weight excluding hydrogens is 262 g/mol. The molecule has 0 aliphatic rings. The van der Waals surface area contributed by atoms with Gasteiger partial charge in [0, 0.05) is 18.0 Å². The van der Waals surface area contributed by atoms with Crippen molar-refractivity contribution in [2.24, 2.45) is 5.84 Å². The highest BCUT2D eigenvalue weighted by Crippen LogP contribution is 2.32. The molecule has 2 aromatic heterocycles. The van der Waals surface area contributed by atoms with E-state index in [2.05, 4.69) is 28.4 Å². The number of fused-ring (bicyclic) bond motifs is 1. The lowest BCUT2D eigenvalue weighted by atomic mass is 10.3. The van der Waals surface area contributed by atoms with Crippen LogP contribution in [0, 0.1) is 0 Å². The molecule has 0 radical (unpaired) electrons. The number of aromatic nitrogens is 2. The highest BCUT2D eigenvalue weighted by Gasteiger charge is 2.15. The summed E-state index contributed by atoms with van der Waals surface area (Å²) in [4.78, 5) is 13.0. The molecule has 104 valence electrons. The molecule has 7 heteroatoms. The smallest absolute Gasteiger partial charge is 0.240 e. The standard InChI is InChI=1S/C12H19N5OS/c1-3-8-7-9-10(17(4-2)5-6-18)14-12(16-13)15-11(9)19-8/h7,18H,3-6,13H2,1-2H3,(H,14,15,16). The average Bonchev–Trinajstić information content (AvgIpc) is 2.86. The quantitative estimate of drug-likeness (QED) is 0.547. The molecular formula is C12H19N5OS. The van der Waals surface area contributed by atoms with E-state index in [1.807, 2.05) is 11.8 Å². The lowest BCUT2D eigenvalue weighted by Crippen LogP contribution is -2.27. The van der Waals surface area contributed by atoms with Crippen molar-refractivity contribution in [3.8, 4) is 0 Å². The zero-order valence-corrected chi connectivity index (χ0v) is 12.0. The Kier molecular flexibility index (Phi) is 4.52. The van der Waals surface area contributed by atoms with Gasteiger partial charge in [0.25, 0.3) is 0 Å². The van der Waals surface area contributed by atoms with Crippen molar-refractivity contribution in [2.75, 3.05) is 30.0 Å². The highest BCUT2D eigenvalue weighted by molar-refractivity contribution is 7.18. The minimum atomic E-state index is 0.0928. The summed E-state index contributed by atoms with van der Waals surface area (Å²) < 4.78 is 0. The van der Waals surface area contributed by atoms with Crippen LogP contribution in [0.15, 0.2) is 6.07 Å². The van der Waals surface area contributed by atoms with E-state index in [0.29, 0.717) is 12.5 Å². The Balaban J connectivity index is 2.57. The van der Waals surface area contributed by atoms with Crippen LogP contribution < -0.4 is 16.2 Å². The van der Waals surface area contributed by atoms with Crippen molar-refractivity contribution in [3.63, 3.8) is 0 Å². The topological polar surface area (TPSA) is 87.3 Å². The minimum Gasteiger partial charge on any atom is -0.395 e. The normalized spacial score (nSPS) is 10.9. The summed E-state index contributed by atoms with van der Waals surface area (Å²) in [6, 6.07) is 2.12. The highest BCUT2D eigenvalue weighted by atomic mass is 32.1. The molecule has 0 aliphatic carbocycles. The number of aryl methyl sites for hydroxylation is 1. The van der Waals surface area contributed by atoms with E-state index in [0.717, 1.165) is 29.0 Å². The Labute approximate surface area is 116 Å². The zero-order valence-electron chi connectivity index (χ0n) is 11.2. The number of hydrazine groups is 1. The maximum Gasteiger partial charge on any atom is 0.240 e. The molecule has 19 heavy (non-hydrogen) atoms. The van der Waals surface area contributed by atoms with E-state index in [9.17, 15) is 0 Å². The summed E-state index contributed by atoms with van der Waals surface area (Å²) in [6.07, 6.45) is 0.970. The van der Waals surface area contributed by atoms with Crippen LogP contribution in [0.4, 0.5) is 11.8 Å². The van der Waals surface area contributed by atoms with Gasteiger partial charge in [-0.25, -0.2) is 10.8 Å². The summed E-state index contributed by atoms with van der Waals surface area (Å²) in [5.74, 6) is 6.66. The van der Waals surface area contributed by atoms with Gasteiger partial charge in [-0.05, 0) is 19.4 Å². The second-order valence-electron chi connectivity index (χ2n) is 4.10. The third-order valence-electron chi connectivity index (χ3n) is 2.95. The van der Waals surface area contributed by atoms with Gasteiger partial charge in [0.2, 0.25) is 5.95 Å². The van der Waals surface area contributed by atoms with Gasteiger partial charge in [-0.15, -0.1) is 11.3 Å². The van der Waals surface area contributed by atoms with Crippen molar-refractivity contribution < 1.29 is 5.11 Å². The number of nitrogens with two attached hydrogens (primary N) is 1. The number of rotatable bonds is 6. The van der Waals surface area contributed by atoms with Crippen molar-refractivity contribution >= 4 is 33.3 Å². The number of aliphatic hydroxyl groups is 1. The number of anilines is 2. The maximum absolute atomic E-state index is 9.16. The first-order valence-electron chi connectivity index (χ1n) is 6.36. The summed E-state index contributed by atoms with van der Waals surface area (Å²) in [7, 11) is 0. The van der Waals surface area contributed by atoms with Gasteiger partial charge in [0.1, 0.15) is 10.6 Å². The Morgan fingerprint density at radius 3 is 2.79 bits per heavy atom. The van der Waals surface area contributed by atoms with Gasteiger partial charge >= 0.3 is 0 Å². The van der Waals surface area contributed by atoms with Crippen LogP contribution in [-0.2, 0) is 6.42 Å². The second-order valence-corrected chi connectivity index (χ2v) is 5.22. The monoisotopic (exact) mass is 281 g/mol. The number of aliphatic hydroxyl groups excluding tert-OH is 1. The maximum atomic E-state index is 9.16. The van der Waals surface area contributed by atoms with Crippen molar-refractivity contribution in [1.82, 2.24) is 9.97 Å². The van der Waals surface area contributed by atoms with E-state index in [1.54, 1.807) is 11.3 Å². The molecule has 4 N–H and O–H groups in total. The lowest BCUT2D eigenvalue weighted by molar-refractivity contribution is 0.302. The molecule has 0 atom stereocenters. The molecule has 0 fully saturated rings. The number of hydrogen-bond donors (Lipinski definition) is 3. The summed E-state index contributed by atoms with van der Waals surface area (Å²) in [5.41, 5.74) is 2.50. The van der Waals surface area contributed by atoms with Crippen LogP contribution in [0.5, 0.6) is 0 Å². The van der Waals surface area contributed by atoms with E-state index in [-0.39, 0.29) is 6.61 Å². The first kappa shape index (κ1) is 14.0. The molecule has 0 saturated heterocycles. The Morgan fingerprint density at radius 2 is 2.21 bits per heavy atom. The predicted octanol–water partition coefficient (Wildman–Crippen LogP) is 1.36. The molecule has 2 rings (SSSR count). The Hall–Kier alpha value is -1.44. The molecule has 0 spiro atoms. The van der Waals surface area contributed by atoms with Crippen LogP contribution in [-0.4, -0.2) is 34.8 Å². The molecule has 0 aliphatic heterocycles. The van der Waals surface area contributed by atoms with Gasteiger partial charge in [-0.2, -0.15) is 4.98 Å². The van der Waals surface area contributed by atoms with Crippen LogP contribution in [0.25, 0.3) is 10.2 Å². The number of likely N-dealkylation sites (N-methyl/N-ethyl adjacent to an activating group) is 1. The number of hydrogen-bond acceptors (Lipinski definition) is 7. The van der Waals surface area contributed by atoms with Gasteiger partial charge in [0.15, 0.2) is 0 Å². The van der Waals surface area contributed by atoms with E-state index in [1.165, 1.54) is 4.88 Å². The molecule has 0 saturated carbocycles. The summed E-state index contributed by atoms with van der Waals surface area (Å²) in [6.45, 7) is 5.56. The fourth-order valence-corrected chi connectivity index (χ4v) is 2.93.